The van der Waals surface area contributed by atoms with Gasteiger partial charge in [-0.2, -0.15) is 0 Å². The molecule has 0 aromatic heterocycles. The molecule has 0 bridgehead atoms. The number of ether oxygens (including phenoxy) is 8. The third-order valence-corrected chi connectivity index (χ3v) is 14.2. The number of carbonyl (C=O) groups is 1. The largest absolute Gasteiger partial charge is 0.467 e. The fourth-order valence-corrected chi connectivity index (χ4v) is 10.8. The van der Waals surface area contributed by atoms with Gasteiger partial charge in [-0.15, -0.1) is 0 Å². The van der Waals surface area contributed by atoms with E-state index in [0.717, 1.165) is 50.7 Å². The van der Waals surface area contributed by atoms with E-state index in [-0.39, 0.29) is 36.6 Å². The van der Waals surface area contributed by atoms with Crippen molar-refractivity contribution >= 4 is 5.97 Å². The zero-order valence-electron chi connectivity index (χ0n) is 35.5. The van der Waals surface area contributed by atoms with Crippen LogP contribution in [0.2, 0.25) is 0 Å². The second kappa shape index (κ2) is 17.6. The fraction of sp³-hybridized carbons (Fsp3) is 0.844. The molecule has 0 aromatic rings. The Balaban J connectivity index is 0.919. The summed E-state index contributed by atoms with van der Waals surface area (Å²) in [6.45, 7) is 14.7. The van der Waals surface area contributed by atoms with Crippen molar-refractivity contribution in [1.29, 1.82) is 0 Å². The van der Waals surface area contributed by atoms with Gasteiger partial charge in [0.2, 0.25) is 5.79 Å². The predicted molar refractivity (Wildman–Crippen MR) is 212 cm³/mol. The maximum atomic E-state index is 12.2. The Kier molecular flexibility index (Phi) is 13.4. The number of fused-ring (bicyclic) bond motifs is 1. The molecule has 7 aliphatic heterocycles. The maximum absolute atomic E-state index is 12.2. The van der Waals surface area contributed by atoms with Gasteiger partial charge in [-0.3, -0.25) is 0 Å². The summed E-state index contributed by atoms with van der Waals surface area (Å²) in [4.78, 5) is 12.2. The topological polar surface area (TPSA) is 172 Å². The first-order valence-electron chi connectivity index (χ1n) is 22.1. The molecule has 328 valence electrons. The molecule has 13 nitrogen and oxygen atoms in total. The summed E-state index contributed by atoms with van der Waals surface area (Å²) in [6, 6.07) is 0. The van der Waals surface area contributed by atoms with E-state index in [1.807, 2.05) is 19.1 Å². The summed E-state index contributed by atoms with van der Waals surface area (Å²) in [7, 11) is 1.24. The number of aliphatic hydroxyl groups is 4. The molecule has 4 N–H and O–H groups in total. The third kappa shape index (κ3) is 9.21. The van der Waals surface area contributed by atoms with Crippen LogP contribution in [0.5, 0.6) is 0 Å². The Labute approximate surface area is 344 Å². The van der Waals surface area contributed by atoms with Crippen LogP contribution in [0.1, 0.15) is 125 Å². The molecule has 7 aliphatic rings. The van der Waals surface area contributed by atoms with E-state index in [4.69, 9.17) is 37.9 Å². The predicted octanol–water partition coefficient (Wildman–Crippen LogP) is 5.30. The van der Waals surface area contributed by atoms with Crippen molar-refractivity contribution in [2.45, 2.75) is 209 Å². The Bertz CT molecular complexity index is 1520. The van der Waals surface area contributed by atoms with E-state index in [1.165, 1.54) is 14.0 Å². The lowest BCUT2D eigenvalue weighted by Crippen LogP contribution is -2.60. The highest BCUT2D eigenvalue weighted by molar-refractivity contribution is 5.78. The minimum absolute atomic E-state index is 0.0145. The van der Waals surface area contributed by atoms with E-state index in [1.54, 1.807) is 0 Å². The lowest BCUT2D eigenvalue weighted by molar-refractivity contribution is -0.321. The van der Waals surface area contributed by atoms with Gasteiger partial charge in [0.25, 0.3) is 0 Å². The summed E-state index contributed by atoms with van der Waals surface area (Å²) in [5, 5.41) is 45.0. The van der Waals surface area contributed by atoms with Crippen LogP contribution in [0.4, 0.5) is 0 Å². The Morgan fingerprint density at radius 2 is 1.78 bits per heavy atom. The minimum atomic E-state index is -1.73. The number of hydrogen-bond donors (Lipinski definition) is 4. The molecule has 0 unspecified atom stereocenters. The average Bonchev–Trinajstić information content (AvgIpc) is 3.59. The Morgan fingerprint density at radius 1 is 1.02 bits per heavy atom. The first kappa shape index (κ1) is 44.3. The van der Waals surface area contributed by atoms with Gasteiger partial charge in [-0.25, -0.2) is 4.79 Å². The zero-order valence-corrected chi connectivity index (χ0v) is 35.5. The van der Waals surface area contributed by atoms with Crippen LogP contribution in [0.25, 0.3) is 0 Å². The second-order valence-corrected chi connectivity index (χ2v) is 19.1. The van der Waals surface area contributed by atoms with Crippen molar-refractivity contribution in [3.05, 3.63) is 36.0 Å². The highest BCUT2D eigenvalue weighted by atomic mass is 16.7. The quantitative estimate of drug-likeness (QED) is 0.166. The van der Waals surface area contributed by atoms with Gasteiger partial charge in [0, 0.05) is 38.0 Å². The number of hydrogen-bond acceptors (Lipinski definition) is 13. The minimum Gasteiger partial charge on any atom is -0.467 e. The number of rotatable bonds is 10. The molecule has 58 heavy (non-hydrogen) atoms. The van der Waals surface area contributed by atoms with E-state index in [2.05, 4.69) is 33.4 Å². The van der Waals surface area contributed by atoms with Gasteiger partial charge in [0.1, 0.15) is 24.4 Å². The van der Waals surface area contributed by atoms with Crippen LogP contribution < -0.4 is 0 Å². The first-order valence-corrected chi connectivity index (χ1v) is 22.1. The molecule has 7 heterocycles. The molecule has 6 saturated heterocycles. The van der Waals surface area contributed by atoms with Gasteiger partial charge in [-0.1, -0.05) is 45.1 Å². The van der Waals surface area contributed by atoms with E-state index >= 15 is 0 Å². The monoisotopic (exact) mass is 818 g/mol. The summed E-state index contributed by atoms with van der Waals surface area (Å²) < 4.78 is 50.2. The SMILES string of the molecule is C=C1[C@H](O)[C@@H]2O[C@]3(CC[C@H](C=C[C@@H](C)[C@@H]4CC(C)=C[C@@]5(O[C@H](C[C@@](C)(O)C(=O)OC)CC[C@H]5O)O4)O3)CC[C@H]2O[C@@H]1[C@@H](O)C[C@H](C)[C@H]1O[C@@]2(CCCCO2)CC[C@H]1C. The van der Waals surface area contributed by atoms with Crippen LogP contribution in [0, 0.1) is 17.8 Å². The van der Waals surface area contributed by atoms with E-state index in [0.29, 0.717) is 56.4 Å². The van der Waals surface area contributed by atoms with Crippen LogP contribution in [-0.4, -0.2) is 124 Å². The van der Waals surface area contributed by atoms with Crippen molar-refractivity contribution in [3.8, 4) is 0 Å². The van der Waals surface area contributed by atoms with Crippen molar-refractivity contribution in [2.24, 2.45) is 17.8 Å². The second-order valence-electron chi connectivity index (χ2n) is 19.1. The van der Waals surface area contributed by atoms with Crippen LogP contribution in [0.15, 0.2) is 36.0 Å². The first-order chi connectivity index (χ1) is 27.5. The van der Waals surface area contributed by atoms with Crippen molar-refractivity contribution in [1.82, 2.24) is 0 Å². The molecule has 17 atom stereocenters. The fourth-order valence-electron chi connectivity index (χ4n) is 10.8. The molecule has 0 amide bonds. The molecule has 0 aliphatic carbocycles. The summed E-state index contributed by atoms with van der Waals surface area (Å²) in [5.74, 6) is -3.15. The van der Waals surface area contributed by atoms with Crippen LogP contribution in [0.3, 0.4) is 0 Å². The smallest absolute Gasteiger partial charge is 0.337 e. The summed E-state index contributed by atoms with van der Waals surface area (Å²) in [5.41, 5.74) is -0.287. The zero-order chi connectivity index (χ0) is 41.6. The Morgan fingerprint density at radius 3 is 2.52 bits per heavy atom. The van der Waals surface area contributed by atoms with E-state index in [9.17, 15) is 25.2 Å². The highest BCUT2D eigenvalue weighted by Gasteiger charge is 2.55. The number of carbonyl (C=O) groups excluding carboxylic acids is 1. The summed E-state index contributed by atoms with van der Waals surface area (Å²) >= 11 is 0. The van der Waals surface area contributed by atoms with Crippen molar-refractivity contribution in [3.63, 3.8) is 0 Å². The third-order valence-electron chi connectivity index (χ3n) is 14.2. The molecule has 0 aromatic carbocycles. The molecular formula is C45H70O13. The van der Waals surface area contributed by atoms with Gasteiger partial charge < -0.3 is 58.3 Å². The lowest BCUT2D eigenvalue weighted by atomic mass is 9.79. The summed E-state index contributed by atoms with van der Waals surface area (Å²) in [6.07, 6.45) is 9.94. The number of esters is 1. The van der Waals surface area contributed by atoms with Gasteiger partial charge in [0.05, 0.1) is 50.3 Å². The number of aliphatic hydroxyl groups excluding tert-OH is 3. The van der Waals surface area contributed by atoms with Crippen LogP contribution >= 0.6 is 0 Å². The molecule has 13 heteroatoms. The average molecular weight is 819 g/mol. The maximum Gasteiger partial charge on any atom is 0.337 e. The molecule has 0 saturated carbocycles. The van der Waals surface area contributed by atoms with Crippen molar-refractivity contribution in [2.75, 3.05) is 13.7 Å². The molecule has 6 fully saturated rings. The standard InChI is InChI=1S/C45H70O13/c1-26-22-35(56-45(24-26)36(47)13-12-32(55-45)25-42(6,50)41(49)51-7)27(2)10-11-31-15-19-44(54-31)20-16-34-40(58-44)37(48)30(5)39(53-34)33(46)23-29(4)38-28(3)14-18-43(57-38)17-8-9-21-52-43/h10-11,24,27-29,31-40,46-48,50H,5,8-9,12-23,25H2,1-4,6-7H3/t27-,28-,29+,31+,32+,33+,34-,35+,36-,37+,38+,39+,40-,42-,43+,44-,45-/m1/s1. The van der Waals surface area contributed by atoms with Crippen LogP contribution in [-0.2, 0) is 42.7 Å². The molecule has 0 radical (unpaired) electrons. The molecule has 7 rings (SSSR count). The normalized spacial score (nSPS) is 44.8. The molecule has 3 spiro atoms. The number of methoxy groups -OCH3 is 1. The Hall–Kier alpha value is -1.75. The van der Waals surface area contributed by atoms with Gasteiger partial charge in [0.15, 0.2) is 17.2 Å². The highest BCUT2D eigenvalue weighted by Crippen LogP contribution is 2.47. The van der Waals surface area contributed by atoms with Gasteiger partial charge in [-0.05, 0) is 95.1 Å². The van der Waals surface area contributed by atoms with E-state index < -0.39 is 71.7 Å². The lowest BCUT2D eigenvalue weighted by Gasteiger charge is -2.50. The van der Waals surface area contributed by atoms with Gasteiger partial charge >= 0.3 is 5.97 Å². The van der Waals surface area contributed by atoms with Crippen molar-refractivity contribution < 1.29 is 63.1 Å². The molecular weight excluding hydrogens is 748 g/mol.